The number of nitrogens with zero attached hydrogens (tertiary/aromatic N) is 1. The van der Waals surface area contributed by atoms with Crippen molar-refractivity contribution in [1.82, 2.24) is 4.90 Å². The third-order valence-corrected chi connectivity index (χ3v) is 3.77. The normalized spacial score (nSPS) is 21.9. The van der Waals surface area contributed by atoms with Crippen molar-refractivity contribution in [3.63, 3.8) is 0 Å². The van der Waals surface area contributed by atoms with Gasteiger partial charge in [0, 0.05) is 25.6 Å². The molecular formula is C15H22ClFN2O. The Morgan fingerprint density at radius 2 is 2.00 bits per heavy atom. The van der Waals surface area contributed by atoms with Gasteiger partial charge in [0.15, 0.2) is 0 Å². The molecule has 2 unspecified atom stereocenters. The van der Waals surface area contributed by atoms with Crippen LogP contribution in [0.5, 0.6) is 0 Å². The summed E-state index contributed by atoms with van der Waals surface area (Å²) >= 11 is 0. The third-order valence-electron chi connectivity index (χ3n) is 3.77. The van der Waals surface area contributed by atoms with Crippen LogP contribution >= 0.6 is 12.4 Å². The largest absolute Gasteiger partial charge is 0.341 e. The van der Waals surface area contributed by atoms with Crippen LogP contribution in [0, 0.1) is 11.7 Å². The highest BCUT2D eigenvalue weighted by Gasteiger charge is 2.27. The van der Waals surface area contributed by atoms with E-state index in [2.05, 4.69) is 0 Å². The minimum atomic E-state index is -0.254. The highest BCUT2D eigenvalue weighted by Crippen LogP contribution is 2.25. The Hall–Kier alpha value is -1.13. The lowest BCUT2D eigenvalue weighted by molar-refractivity contribution is -0.135. The van der Waals surface area contributed by atoms with Gasteiger partial charge < -0.3 is 10.6 Å². The fraction of sp³-hybridized carbons (Fsp3) is 0.533. The first-order valence-corrected chi connectivity index (χ1v) is 6.81. The quantitative estimate of drug-likeness (QED) is 0.933. The zero-order chi connectivity index (χ0) is 13.8. The predicted molar refractivity (Wildman–Crippen MR) is 80.1 cm³/mol. The van der Waals surface area contributed by atoms with Gasteiger partial charge in [0.05, 0.1) is 0 Å². The molecule has 0 radical (unpaired) electrons. The molecule has 1 saturated carbocycles. The van der Waals surface area contributed by atoms with E-state index in [1.54, 1.807) is 24.1 Å². The first-order chi connectivity index (χ1) is 9.06. The van der Waals surface area contributed by atoms with Crippen LogP contribution in [0.25, 0.3) is 0 Å². The summed E-state index contributed by atoms with van der Waals surface area (Å²) < 4.78 is 12.8. The van der Waals surface area contributed by atoms with E-state index in [0.29, 0.717) is 6.54 Å². The maximum atomic E-state index is 12.8. The Morgan fingerprint density at radius 3 is 2.60 bits per heavy atom. The minimum Gasteiger partial charge on any atom is -0.341 e. The summed E-state index contributed by atoms with van der Waals surface area (Å²) in [6.45, 7) is 0.519. The van der Waals surface area contributed by atoms with E-state index < -0.39 is 0 Å². The molecule has 20 heavy (non-hydrogen) atoms. The molecule has 1 fully saturated rings. The molecule has 5 heteroatoms. The number of carbonyl (C=O) groups is 1. The van der Waals surface area contributed by atoms with Crippen LogP contribution in [0.15, 0.2) is 24.3 Å². The molecule has 0 saturated heterocycles. The summed E-state index contributed by atoms with van der Waals surface area (Å²) in [5.74, 6) is -0.0512. The molecule has 0 aliphatic heterocycles. The summed E-state index contributed by atoms with van der Waals surface area (Å²) in [6.07, 6.45) is 3.76. The molecule has 0 bridgehead atoms. The molecule has 0 heterocycles. The Balaban J connectivity index is 0.00000200. The van der Waals surface area contributed by atoms with E-state index in [1.165, 1.54) is 12.1 Å². The molecule has 1 aliphatic carbocycles. The highest BCUT2D eigenvalue weighted by molar-refractivity contribution is 5.85. The smallest absolute Gasteiger partial charge is 0.225 e. The van der Waals surface area contributed by atoms with Gasteiger partial charge in [0.25, 0.3) is 0 Å². The number of hydrogen-bond donors (Lipinski definition) is 1. The molecule has 0 aromatic heterocycles. The molecule has 0 spiro atoms. The third kappa shape index (κ3) is 4.46. The van der Waals surface area contributed by atoms with Crippen molar-refractivity contribution < 1.29 is 9.18 Å². The topological polar surface area (TPSA) is 46.3 Å². The lowest BCUT2D eigenvalue weighted by Crippen LogP contribution is -2.38. The van der Waals surface area contributed by atoms with Gasteiger partial charge in [-0.1, -0.05) is 18.6 Å². The number of benzene rings is 1. The SMILES string of the molecule is CN(Cc1ccc(F)cc1)C(=O)C1CCCC(N)C1.Cl. The molecule has 1 aliphatic rings. The van der Waals surface area contributed by atoms with E-state index in [0.717, 1.165) is 31.2 Å². The number of hydrogen-bond acceptors (Lipinski definition) is 2. The Bertz CT molecular complexity index is 438. The van der Waals surface area contributed by atoms with Gasteiger partial charge >= 0.3 is 0 Å². The first-order valence-electron chi connectivity index (χ1n) is 6.81. The molecule has 1 amide bonds. The average molecular weight is 301 g/mol. The van der Waals surface area contributed by atoms with Crippen LogP contribution in [-0.2, 0) is 11.3 Å². The van der Waals surface area contributed by atoms with Crippen LogP contribution in [0.1, 0.15) is 31.2 Å². The first kappa shape index (κ1) is 16.9. The molecule has 2 N–H and O–H groups in total. The van der Waals surface area contributed by atoms with E-state index >= 15 is 0 Å². The lowest BCUT2D eigenvalue weighted by atomic mass is 9.85. The second-order valence-electron chi connectivity index (χ2n) is 5.44. The fourth-order valence-corrected chi connectivity index (χ4v) is 2.71. The van der Waals surface area contributed by atoms with Crippen molar-refractivity contribution in [3.8, 4) is 0 Å². The van der Waals surface area contributed by atoms with Crippen LogP contribution in [0.3, 0.4) is 0 Å². The van der Waals surface area contributed by atoms with Gasteiger partial charge in [-0.3, -0.25) is 4.79 Å². The van der Waals surface area contributed by atoms with Crippen molar-refractivity contribution in [1.29, 1.82) is 0 Å². The maximum Gasteiger partial charge on any atom is 0.225 e. The van der Waals surface area contributed by atoms with Crippen LogP contribution < -0.4 is 5.73 Å². The zero-order valence-electron chi connectivity index (χ0n) is 11.7. The number of rotatable bonds is 3. The van der Waals surface area contributed by atoms with E-state index in [1.807, 2.05) is 0 Å². The van der Waals surface area contributed by atoms with Crippen LogP contribution in [0.2, 0.25) is 0 Å². The van der Waals surface area contributed by atoms with E-state index in [-0.39, 0.29) is 36.1 Å². The zero-order valence-corrected chi connectivity index (χ0v) is 12.5. The highest BCUT2D eigenvalue weighted by atomic mass is 35.5. The summed E-state index contributed by atoms with van der Waals surface area (Å²) in [4.78, 5) is 14.0. The summed E-state index contributed by atoms with van der Waals surface area (Å²) in [5, 5.41) is 0. The minimum absolute atomic E-state index is 0. The molecule has 3 nitrogen and oxygen atoms in total. The number of nitrogens with two attached hydrogens (primary N) is 1. The Labute approximate surface area is 125 Å². The summed E-state index contributed by atoms with van der Waals surface area (Å²) in [5.41, 5.74) is 6.86. The van der Waals surface area contributed by atoms with Gasteiger partial charge in [0.2, 0.25) is 5.91 Å². The number of carbonyl (C=O) groups excluding carboxylic acids is 1. The van der Waals surface area contributed by atoms with Crippen molar-refractivity contribution in [2.24, 2.45) is 11.7 Å². The van der Waals surface area contributed by atoms with E-state index in [4.69, 9.17) is 5.73 Å². The van der Waals surface area contributed by atoms with E-state index in [9.17, 15) is 9.18 Å². The molecule has 112 valence electrons. The summed E-state index contributed by atoms with van der Waals surface area (Å²) in [6, 6.07) is 6.42. The maximum absolute atomic E-state index is 12.8. The second kappa shape index (κ2) is 7.60. The van der Waals surface area contributed by atoms with Gasteiger partial charge in [-0.15, -0.1) is 12.4 Å². The fourth-order valence-electron chi connectivity index (χ4n) is 2.71. The number of halogens is 2. The summed E-state index contributed by atoms with van der Waals surface area (Å²) in [7, 11) is 1.80. The van der Waals surface area contributed by atoms with Gasteiger partial charge in [-0.2, -0.15) is 0 Å². The van der Waals surface area contributed by atoms with Crippen molar-refractivity contribution in [2.75, 3.05) is 7.05 Å². The molecule has 2 rings (SSSR count). The Morgan fingerprint density at radius 1 is 1.35 bits per heavy atom. The standard InChI is InChI=1S/C15H21FN2O.ClH/c1-18(10-11-5-7-13(16)8-6-11)15(19)12-3-2-4-14(17)9-12;/h5-8,12,14H,2-4,9-10,17H2,1H3;1H. The molecule has 1 aromatic rings. The molecule has 1 aromatic carbocycles. The Kier molecular flexibility index (Phi) is 6.43. The molecule has 2 atom stereocenters. The lowest BCUT2D eigenvalue weighted by Gasteiger charge is -2.29. The van der Waals surface area contributed by atoms with Crippen molar-refractivity contribution >= 4 is 18.3 Å². The van der Waals surface area contributed by atoms with Gasteiger partial charge in [-0.25, -0.2) is 4.39 Å². The van der Waals surface area contributed by atoms with Crippen LogP contribution in [-0.4, -0.2) is 23.9 Å². The second-order valence-corrected chi connectivity index (χ2v) is 5.44. The monoisotopic (exact) mass is 300 g/mol. The predicted octanol–water partition coefficient (Wildman–Crippen LogP) is 2.72. The van der Waals surface area contributed by atoms with Gasteiger partial charge in [-0.05, 0) is 37.0 Å². The van der Waals surface area contributed by atoms with Crippen molar-refractivity contribution in [3.05, 3.63) is 35.6 Å². The van der Waals surface area contributed by atoms with Crippen molar-refractivity contribution in [2.45, 2.75) is 38.3 Å². The number of amides is 1. The molecular weight excluding hydrogens is 279 g/mol. The van der Waals surface area contributed by atoms with Gasteiger partial charge in [0.1, 0.15) is 5.82 Å². The average Bonchev–Trinajstić information content (AvgIpc) is 2.40. The van der Waals surface area contributed by atoms with Crippen LogP contribution in [0.4, 0.5) is 4.39 Å².